The fourth-order valence-corrected chi connectivity index (χ4v) is 3.68. The van der Waals surface area contributed by atoms with Crippen LogP contribution in [0.5, 0.6) is 0 Å². The van der Waals surface area contributed by atoms with Gasteiger partial charge >= 0.3 is 0 Å². The lowest BCUT2D eigenvalue weighted by molar-refractivity contribution is 0.0684. The van der Waals surface area contributed by atoms with Crippen LogP contribution in [0.15, 0.2) is 11.6 Å². The van der Waals surface area contributed by atoms with E-state index in [2.05, 4.69) is 26.8 Å². The van der Waals surface area contributed by atoms with Gasteiger partial charge in [0, 0.05) is 0 Å². The maximum atomic E-state index is 10.2. The Kier molecular flexibility index (Phi) is 3.18. The van der Waals surface area contributed by atoms with Gasteiger partial charge in [-0.15, -0.1) is 0 Å². The van der Waals surface area contributed by atoms with E-state index in [0.29, 0.717) is 5.92 Å². The summed E-state index contributed by atoms with van der Waals surface area (Å²) in [6.45, 7) is 8.99. The first-order valence-corrected chi connectivity index (χ1v) is 6.86. The molecule has 1 N–H and O–H groups in total. The van der Waals surface area contributed by atoms with Gasteiger partial charge in [0.1, 0.15) is 0 Å². The van der Waals surface area contributed by atoms with Crippen molar-refractivity contribution in [1.29, 1.82) is 0 Å². The van der Waals surface area contributed by atoms with E-state index in [9.17, 15) is 5.11 Å². The molecule has 1 saturated carbocycles. The van der Waals surface area contributed by atoms with E-state index in [4.69, 9.17) is 0 Å². The van der Waals surface area contributed by atoms with Gasteiger partial charge in [-0.05, 0) is 56.3 Å². The van der Waals surface area contributed by atoms with Crippen LogP contribution < -0.4 is 0 Å². The van der Waals surface area contributed by atoms with Crippen LogP contribution in [0.4, 0.5) is 0 Å². The predicted octanol–water partition coefficient (Wildman–Crippen LogP) is 3.78. The van der Waals surface area contributed by atoms with Crippen molar-refractivity contribution >= 4 is 0 Å². The Balaban J connectivity index is 2.30. The van der Waals surface area contributed by atoms with Gasteiger partial charge in [0.15, 0.2) is 0 Å². The predicted molar refractivity (Wildman–Crippen MR) is 68.2 cm³/mol. The second kappa shape index (κ2) is 4.18. The van der Waals surface area contributed by atoms with Crippen molar-refractivity contribution < 1.29 is 5.11 Å². The zero-order valence-electron chi connectivity index (χ0n) is 11.2. The quantitative estimate of drug-likeness (QED) is 0.669. The number of aliphatic hydroxyl groups is 1. The average molecular weight is 222 g/mol. The summed E-state index contributed by atoms with van der Waals surface area (Å²) < 4.78 is 0. The van der Waals surface area contributed by atoms with Crippen molar-refractivity contribution in [1.82, 2.24) is 0 Å². The van der Waals surface area contributed by atoms with E-state index in [0.717, 1.165) is 24.2 Å². The van der Waals surface area contributed by atoms with Gasteiger partial charge in [0.05, 0.1) is 5.60 Å². The third-order valence-electron chi connectivity index (χ3n) is 4.72. The van der Waals surface area contributed by atoms with Crippen molar-refractivity contribution in [3.05, 3.63) is 11.6 Å². The summed E-state index contributed by atoms with van der Waals surface area (Å²) in [6, 6.07) is 0. The van der Waals surface area contributed by atoms with Crippen LogP contribution in [0.25, 0.3) is 0 Å². The molecule has 2 rings (SSSR count). The lowest BCUT2D eigenvalue weighted by Crippen LogP contribution is -2.37. The zero-order chi connectivity index (χ0) is 11.9. The maximum Gasteiger partial charge on any atom is 0.0802 e. The molecule has 2 aliphatic carbocycles. The van der Waals surface area contributed by atoms with Crippen molar-refractivity contribution in [2.24, 2.45) is 23.7 Å². The highest BCUT2D eigenvalue weighted by Gasteiger charge is 2.39. The molecule has 1 heteroatoms. The second-order valence-electron chi connectivity index (χ2n) is 6.55. The summed E-state index contributed by atoms with van der Waals surface area (Å²) in [4.78, 5) is 0. The van der Waals surface area contributed by atoms with E-state index >= 15 is 0 Å². The number of rotatable bonds is 1. The smallest absolute Gasteiger partial charge is 0.0802 e. The summed E-state index contributed by atoms with van der Waals surface area (Å²) in [5, 5.41) is 10.2. The van der Waals surface area contributed by atoms with E-state index in [1.165, 1.54) is 19.3 Å². The minimum absolute atomic E-state index is 0.546. The second-order valence-corrected chi connectivity index (χ2v) is 6.55. The first-order chi connectivity index (χ1) is 7.41. The van der Waals surface area contributed by atoms with Crippen LogP contribution in [-0.4, -0.2) is 10.7 Å². The molecule has 0 aliphatic heterocycles. The Morgan fingerprint density at radius 2 is 2.00 bits per heavy atom. The van der Waals surface area contributed by atoms with Gasteiger partial charge in [-0.1, -0.05) is 32.4 Å². The molecule has 0 bridgehead atoms. The molecule has 0 amide bonds. The van der Waals surface area contributed by atoms with Gasteiger partial charge in [-0.2, -0.15) is 0 Å². The first kappa shape index (κ1) is 12.2. The molecule has 1 fully saturated rings. The molecule has 4 atom stereocenters. The Labute approximate surface area is 99.9 Å². The van der Waals surface area contributed by atoms with Gasteiger partial charge < -0.3 is 5.11 Å². The standard InChI is InChI=1S/C15H26O/c1-10(2)12-6-5-11(3)13-7-8-15(4,16)9-14(12)13/h9-13,16H,5-8H2,1-4H3. The Morgan fingerprint density at radius 1 is 1.31 bits per heavy atom. The van der Waals surface area contributed by atoms with Gasteiger partial charge in [0.25, 0.3) is 0 Å². The van der Waals surface area contributed by atoms with Crippen LogP contribution in [0.2, 0.25) is 0 Å². The summed E-state index contributed by atoms with van der Waals surface area (Å²) in [7, 11) is 0. The van der Waals surface area contributed by atoms with Crippen LogP contribution >= 0.6 is 0 Å². The van der Waals surface area contributed by atoms with Crippen molar-refractivity contribution in [3.8, 4) is 0 Å². The molecule has 4 unspecified atom stereocenters. The summed E-state index contributed by atoms with van der Waals surface area (Å²) in [5.41, 5.74) is 1.03. The maximum absolute atomic E-state index is 10.2. The third kappa shape index (κ3) is 2.20. The molecule has 0 saturated heterocycles. The lowest BCUT2D eigenvalue weighted by atomic mass is 9.62. The summed E-state index contributed by atoms with van der Waals surface area (Å²) in [5.74, 6) is 3.00. The Bertz CT molecular complexity index is 288. The molecule has 0 aromatic carbocycles. The fraction of sp³-hybridized carbons (Fsp3) is 0.867. The van der Waals surface area contributed by atoms with E-state index < -0.39 is 5.60 Å². The number of hydrogen-bond donors (Lipinski definition) is 1. The highest BCUT2D eigenvalue weighted by atomic mass is 16.3. The van der Waals surface area contributed by atoms with E-state index in [1.807, 2.05) is 6.92 Å². The third-order valence-corrected chi connectivity index (χ3v) is 4.72. The van der Waals surface area contributed by atoms with Crippen LogP contribution in [0.3, 0.4) is 0 Å². The molecule has 92 valence electrons. The highest BCUT2D eigenvalue weighted by molar-refractivity contribution is 5.23. The largest absolute Gasteiger partial charge is 0.386 e. The molecule has 2 aliphatic rings. The molecule has 0 heterocycles. The Hall–Kier alpha value is -0.300. The van der Waals surface area contributed by atoms with Gasteiger partial charge in [-0.25, -0.2) is 0 Å². The van der Waals surface area contributed by atoms with Gasteiger partial charge in [-0.3, -0.25) is 0 Å². The first-order valence-electron chi connectivity index (χ1n) is 6.86. The number of allylic oxidation sites excluding steroid dienone is 1. The van der Waals surface area contributed by atoms with E-state index in [1.54, 1.807) is 5.57 Å². The van der Waals surface area contributed by atoms with Crippen LogP contribution in [0.1, 0.15) is 53.4 Å². The molecule has 16 heavy (non-hydrogen) atoms. The molecular weight excluding hydrogens is 196 g/mol. The van der Waals surface area contributed by atoms with Gasteiger partial charge in [0.2, 0.25) is 0 Å². The summed E-state index contributed by atoms with van der Waals surface area (Å²) in [6.07, 6.45) is 7.01. The molecule has 0 spiro atoms. The lowest BCUT2D eigenvalue weighted by Gasteiger charge is -2.44. The normalized spacial score (nSPS) is 44.1. The fourth-order valence-electron chi connectivity index (χ4n) is 3.68. The highest BCUT2D eigenvalue weighted by Crippen LogP contribution is 2.47. The Morgan fingerprint density at radius 3 is 2.62 bits per heavy atom. The van der Waals surface area contributed by atoms with Crippen molar-refractivity contribution in [3.63, 3.8) is 0 Å². The SMILES string of the molecule is CC(C)C1CCC(C)C2CCC(C)(O)C=C12. The monoisotopic (exact) mass is 222 g/mol. The molecule has 0 aromatic rings. The zero-order valence-corrected chi connectivity index (χ0v) is 11.2. The molecule has 0 radical (unpaired) electrons. The molecule has 1 nitrogen and oxygen atoms in total. The minimum Gasteiger partial charge on any atom is -0.386 e. The number of hydrogen-bond acceptors (Lipinski definition) is 1. The number of fused-ring (bicyclic) bond motifs is 1. The topological polar surface area (TPSA) is 20.2 Å². The van der Waals surface area contributed by atoms with Crippen LogP contribution in [-0.2, 0) is 0 Å². The average Bonchev–Trinajstić information content (AvgIpc) is 2.15. The van der Waals surface area contributed by atoms with Crippen LogP contribution in [0, 0.1) is 23.7 Å². The van der Waals surface area contributed by atoms with Crippen molar-refractivity contribution in [2.75, 3.05) is 0 Å². The molecular formula is C15H26O. The van der Waals surface area contributed by atoms with Crippen molar-refractivity contribution in [2.45, 2.75) is 59.0 Å². The molecule has 0 aromatic heterocycles. The summed E-state index contributed by atoms with van der Waals surface area (Å²) >= 11 is 0. The minimum atomic E-state index is -0.546. The van der Waals surface area contributed by atoms with E-state index in [-0.39, 0.29) is 0 Å².